The van der Waals surface area contributed by atoms with E-state index in [1.54, 1.807) is 0 Å². The number of benzene rings is 1. The van der Waals surface area contributed by atoms with Gasteiger partial charge in [0, 0.05) is 12.0 Å². The van der Waals surface area contributed by atoms with Gasteiger partial charge in [-0.05, 0) is 18.9 Å². The van der Waals surface area contributed by atoms with Crippen LogP contribution in [0.1, 0.15) is 49.9 Å². The summed E-state index contributed by atoms with van der Waals surface area (Å²) in [7, 11) is 0. The quantitative estimate of drug-likeness (QED) is 0.804. The fourth-order valence-electron chi connectivity index (χ4n) is 2.17. The second kappa shape index (κ2) is 7.71. The highest BCUT2D eigenvalue weighted by Gasteiger charge is 2.21. The number of halogens is 2. The SMILES string of the molecule is CCCC(CCC)C(=O)Nc1cc(F)c(F)cc1C(=O)O. The van der Waals surface area contributed by atoms with Gasteiger partial charge in [-0.1, -0.05) is 26.7 Å². The fourth-order valence-corrected chi connectivity index (χ4v) is 2.17. The number of aromatic carboxylic acids is 1. The van der Waals surface area contributed by atoms with Crippen LogP contribution in [0.15, 0.2) is 12.1 Å². The lowest BCUT2D eigenvalue weighted by molar-refractivity contribution is -0.120. The molecule has 1 rings (SSSR count). The van der Waals surface area contributed by atoms with Gasteiger partial charge in [0.15, 0.2) is 11.6 Å². The van der Waals surface area contributed by atoms with Crippen molar-refractivity contribution in [1.29, 1.82) is 0 Å². The van der Waals surface area contributed by atoms with Crippen molar-refractivity contribution in [2.75, 3.05) is 5.32 Å². The van der Waals surface area contributed by atoms with E-state index in [2.05, 4.69) is 5.32 Å². The summed E-state index contributed by atoms with van der Waals surface area (Å²) >= 11 is 0. The van der Waals surface area contributed by atoms with E-state index < -0.39 is 23.2 Å². The molecule has 0 bridgehead atoms. The molecule has 4 nitrogen and oxygen atoms in total. The van der Waals surface area contributed by atoms with Crippen molar-refractivity contribution in [3.8, 4) is 0 Å². The molecule has 0 aliphatic carbocycles. The Labute approximate surface area is 122 Å². The number of hydrogen-bond acceptors (Lipinski definition) is 2. The van der Waals surface area contributed by atoms with Crippen LogP contribution >= 0.6 is 0 Å². The van der Waals surface area contributed by atoms with E-state index >= 15 is 0 Å². The molecule has 0 aromatic heterocycles. The molecule has 0 unspecified atom stereocenters. The molecule has 0 aliphatic rings. The van der Waals surface area contributed by atoms with Crippen LogP contribution in [0.4, 0.5) is 14.5 Å². The van der Waals surface area contributed by atoms with Crippen LogP contribution in [-0.4, -0.2) is 17.0 Å². The number of amides is 1. The average Bonchev–Trinajstić information content (AvgIpc) is 2.42. The van der Waals surface area contributed by atoms with Gasteiger partial charge in [0.05, 0.1) is 11.3 Å². The summed E-state index contributed by atoms with van der Waals surface area (Å²) in [6.07, 6.45) is 2.93. The van der Waals surface area contributed by atoms with Gasteiger partial charge in [0.1, 0.15) is 0 Å². The molecule has 0 heterocycles. The molecule has 116 valence electrons. The smallest absolute Gasteiger partial charge is 0.337 e. The van der Waals surface area contributed by atoms with E-state index in [-0.39, 0.29) is 17.5 Å². The average molecular weight is 299 g/mol. The minimum absolute atomic E-state index is 0.219. The zero-order valence-electron chi connectivity index (χ0n) is 12.1. The third-order valence-corrected chi connectivity index (χ3v) is 3.19. The van der Waals surface area contributed by atoms with Crippen LogP contribution in [0.25, 0.3) is 0 Å². The molecule has 2 N–H and O–H groups in total. The molecule has 1 aromatic carbocycles. The first-order chi connectivity index (χ1) is 9.90. The van der Waals surface area contributed by atoms with E-state index in [0.29, 0.717) is 25.0 Å². The minimum Gasteiger partial charge on any atom is -0.478 e. The maximum absolute atomic E-state index is 13.3. The Morgan fingerprint density at radius 3 is 2.14 bits per heavy atom. The molecule has 1 aromatic rings. The number of carboxylic acids is 1. The van der Waals surface area contributed by atoms with Crippen molar-refractivity contribution in [3.63, 3.8) is 0 Å². The first-order valence-corrected chi connectivity index (χ1v) is 6.93. The highest BCUT2D eigenvalue weighted by Crippen LogP contribution is 2.23. The standard InChI is InChI=1S/C15H19F2NO3/c1-3-5-9(6-4-2)14(19)18-13-8-12(17)11(16)7-10(13)15(20)21/h7-9H,3-6H2,1-2H3,(H,18,19)(H,20,21). The van der Waals surface area contributed by atoms with E-state index in [1.165, 1.54) is 0 Å². The monoisotopic (exact) mass is 299 g/mol. The maximum atomic E-state index is 13.3. The molecule has 1 amide bonds. The predicted molar refractivity (Wildman–Crippen MR) is 75.3 cm³/mol. The molecule has 0 spiro atoms. The lowest BCUT2D eigenvalue weighted by atomic mass is 9.97. The third-order valence-electron chi connectivity index (χ3n) is 3.19. The largest absolute Gasteiger partial charge is 0.478 e. The molecule has 0 atom stereocenters. The maximum Gasteiger partial charge on any atom is 0.337 e. The van der Waals surface area contributed by atoms with Crippen LogP contribution in [0, 0.1) is 17.6 Å². The van der Waals surface area contributed by atoms with E-state index in [4.69, 9.17) is 5.11 Å². The van der Waals surface area contributed by atoms with Crippen molar-refractivity contribution in [3.05, 3.63) is 29.3 Å². The molecular formula is C15H19F2NO3. The van der Waals surface area contributed by atoms with Crippen molar-refractivity contribution < 1.29 is 23.5 Å². The lowest BCUT2D eigenvalue weighted by Gasteiger charge is -2.16. The summed E-state index contributed by atoms with van der Waals surface area (Å²) in [6.45, 7) is 3.88. The van der Waals surface area contributed by atoms with Crippen molar-refractivity contribution >= 4 is 17.6 Å². The zero-order valence-corrected chi connectivity index (χ0v) is 12.1. The summed E-state index contributed by atoms with van der Waals surface area (Å²) < 4.78 is 26.4. The van der Waals surface area contributed by atoms with Gasteiger partial charge in [0.25, 0.3) is 0 Å². The molecule has 0 radical (unpaired) electrons. The Hall–Kier alpha value is -1.98. The Morgan fingerprint density at radius 2 is 1.67 bits per heavy atom. The van der Waals surface area contributed by atoms with Gasteiger partial charge in [-0.2, -0.15) is 0 Å². The number of carbonyl (C=O) groups is 2. The predicted octanol–water partition coefficient (Wildman–Crippen LogP) is 3.82. The normalized spacial score (nSPS) is 10.7. The Morgan fingerprint density at radius 1 is 1.14 bits per heavy atom. The second-order valence-electron chi connectivity index (χ2n) is 4.88. The van der Waals surface area contributed by atoms with Crippen molar-refractivity contribution in [2.45, 2.75) is 39.5 Å². The molecular weight excluding hydrogens is 280 g/mol. The Balaban J connectivity index is 3.02. The van der Waals surface area contributed by atoms with Crippen LogP contribution in [0.5, 0.6) is 0 Å². The third kappa shape index (κ3) is 4.51. The van der Waals surface area contributed by atoms with Crippen molar-refractivity contribution in [2.24, 2.45) is 5.92 Å². The lowest BCUT2D eigenvalue weighted by Crippen LogP contribution is -2.24. The summed E-state index contributed by atoms with van der Waals surface area (Å²) in [5.74, 6) is -4.52. The number of hydrogen-bond donors (Lipinski definition) is 2. The molecule has 0 aliphatic heterocycles. The molecule has 21 heavy (non-hydrogen) atoms. The topological polar surface area (TPSA) is 66.4 Å². The summed E-state index contributed by atoms with van der Waals surface area (Å²) in [5.41, 5.74) is -0.683. The first kappa shape index (κ1) is 17.1. The summed E-state index contributed by atoms with van der Waals surface area (Å²) in [6, 6.07) is 1.27. The van der Waals surface area contributed by atoms with Crippen LogP contribution < -0.4 is 5.32 Å². The van der Waals surface area contributed by atoms with Crippen LogP contribution in [-0.2, 0) is 4.79 Å². The van der Waals surface area contributed by atoms with Gasteiger partial charge in [-0.15, -0.1) is 0 Å². The number of anilines is 1. The van der Waals surface area contributed by atoms with Crippen LogP contribution in [0.2, 0.25) is 0 Å². The van der Waals surface area contributed by atoms with E-state index in [1.807, 2.05) is 13.8 Å². The van der Waals surface area contributed by atoms with Gasteiger partial charge in [0.2, 0.25) is 5.91 Å². The van der Waals surface area contributed by atoms with Gasteiger partial charge >= 0.3 is 5.97 Å². The molecule has 0 saturated carbocycles. The van der Waals surface area contributed by atoms with Gasteiger partial charge in [-0.3, -0.25) is 4.79 Å². The van der Waals surface area contributed by atoms with Gasteiger partial charge < -0.3 is 10.4 Å². The van der Waals surface area contributed by atoms with E-state index in [0.717, 1.165) is 12.8 Å². The number of nitrogens with one attached hydrogen (secondary N) is 1. The Bertz CT molecular complexity index is 526. The highest BCUT2D eigenvalue weighted by molar-refractivity contribution is 6.01. The first-order valence-electron chi connectivity index (χ1n) is 6.93. The van der Waals surface area contributed by atoms with E-state index in [9.17, 15) is 18.4 Å². The zero-order chi connectivity index (χ0) is 16.0. The number of carbonyl (C=O) groups excluding carboxylic acids is 1. The molecule has 6 heteroatoms. The fraction of sp³-hybridized carbons (Fsp3) is 0.467. The van der Waals surface area contributed by atoms with Crippen molar-refractivity contribution in [1.82, 2.24) is 0 Å². The highest BCUT2D eigenvalue weighted by atomic mass is 19.2. The number of carboxylic acid groups (broad SMARTS) is 1. The molecule has 0 fully saturated rings. The number of rotatable bonds is 7. The summed E-state index contributed by atoms with van der Waals surface area (Å²) in [5, 5.41) is 11.4. The Kier molecular flexibility index (Phi) is 6.27. The van der Waals surface area contributed by atoms with Crippen LogP contribution in [0.3, 0.4) is 0 Å². The minimum atomic E-state index is -1.42. The summed E-state index contributed by atoms with van der Waals surface area (Å²) in [4.78, 5) is 23.2. The second-order valence-corrected chi connectivity index (χ2v) is 4.88. The van der Waals surface area contributed by atoms with Gasteiger partial charge in [-0.25, -0.2) is 13.6 Å². The molecule has 0 saturated heterocycles.